The molecule has 2 rings (SSSR count). The quantitative estimate of drug-likeness (QED) is 0.863. The number of rotatable bonds is 5. The van der Waals surface area contributed by atoms with Crippen molar-refractivity contribution in [1.82, 2.24) is 4.90 Å². The molecule has 4 heteroatoms. The van der Waals surface area contributed by atoms with Gasteiger partial charge in [-0.2, -0.15) is 0 Å². The molecule has 1 aromatic heterocycles. The largest absolute Gasteiger partial charge is 0.497 e. The van der Waals surface area contributed by atoms with E-state index >= 15 is 0 Å². The van der Waals surface area contributed by atoms with Gasteiger partial charge in [-0.15, -0.1) is 11.3 Å². The van der Waals surface area contributed by atoms with Gasteiger partial charge in [-0.25, -0.2) is 0 Å². The predicted molar refractivity (Wildman–Crippen MR) is 88.4 cm³/mol. The van der Waals surface area contributed by atoms with E-state index in [0.717, 1.165) is 24.4 Å². The van der Waals surface area contributed by atoms with Crippen LogP contribution < -0.4 is 10.5 Å². The summed E-state index contributed by atoms with van der Waals surface area (Å²) in [6.45, 7) is 2.20. The number of ether oxygens (including phenoxy) is 1. The molecule has 0 radical (unpaired) electrons. The zero-order valence-corrected chi connectivity index (χ0v) is 13.2. The van der Waals surface area contributed by atoms with Crippen molar-refractivity contribution in [2.45, 2.75) is 13.1 Å². The Kier molecular flexibility index (Phi) is 5.82. The van der Waals surface area contributed by atoms with E-state index in [-0.39, 0.29) is 0 Å². The van der Waals surface area contributed by atoms with Crippen molar-refractivity contribution >= 4 is 11.3 Å². The van der Waals surface area contributed by atoms with E-state index in [9.17, 15) is 0 Å². The maximum atomic E-state index is 5.38. The van der Waals surface area contributed by atoms with Gasteiger partial charge in [0.05, 0.1) is 13.7 Å². The van der Waals surface area contributed by atoms with Crippen molar-refractivity contribution in [3.63, 3.8) is 0 Å². The van der Waals surface area contributed by atoms with Gasteiger partial charge in [-0.1, -0.05) is 24.0 Å². The number of nitrogens with zero attached hydrogens (tertiary/aromatic N) is 1. The van der Waals surface area contributed by atoms with Crippen molar-refractivity contribution in [3.8, 4) is 17.6 Å². The number of methoxy groups -OCH3 is 1. The number of benzene rings is 1. The van der Waals surface area contributed by atoms with Crippen LogP contribution in [-0.4, -0.2) is 25.6 Å². The Morgan fingerprint density at radius 1 is 1.29 bits per heavy atom. The van der Waals surface area contributed by atoms with Gasteiger partial charge in [-0.05, 0) is 30.8 Å². The second-order valence-electron chi connectivity index (χ2n) is 4.83. The fourth-order valence-corrected chi connectivity index (χ4v) is 2.98. The van der Waals surface area contributed by atoms with Crippen LogP contribution in [0.15, 0.2) is 35.7 Å². The highest BCUT2D eigenvalue weighted by Crippen LogP contribution is 2.18. The van der Waals surface area contributed by atoms with E-state index in [0.29, 0.717) is 6.54 Å². The van der Waals surface area contributed by atoms with Crippen LogP contribution in [0.2, 0.25) is 0 Å². The van der Waals surface area contributed by atoms with Crippen molar-refractivity contribution in [2.24, 2.45) is 5.73 Å². The van der Waals surface area contributed by atoms with Gasteiger partial charge in [0.2, 0.25) is 0 Å². The summed E-state index contributed by atoms with van der Waals surface area (Å²) in [6, 6.07) is 10.3. The molecule has 0 saturated heterocycles. The van der Waals surface area contributed by atoms with E-state index in [4.69, 9.17) is 10.5 Å². The molecule has 3 nitrogen and oxygen atoms in total. The zero-order valence-electron chi connectivity index (χ0n) is 12.4. The van der Waals surface area contributed by atoms with Gasteiger partial charge in [-0.3, -0.25) is 4.90 Å². The Bertz CT molecular complexity index is 639. The van der Waals surface area contributed by atoms with Crippen LogP contribution in [0.25, 0.3) is 0 Å². The van der Waals surface area contributed by atoms with Gasteiger partial charge < -0.3 is 10.5 Å². The van der Waals surface area contributed by atoms with Crippen LogP contribution in [-0.2, 0) is 13.1 Å². The lowest BCUT2D eigenvalue weighted by Gasteiger charge is -2.16. The lowest BCUT2D eigenvalue weighted by atomic mass is 10.2. The maximum Gasteiger partial charge on any atom is 0.119 e. The zero-order chi connectivity index (χ0) is 15.1. The van der Waals surface area contributed by atoms with E-state index in [1.54, 1.807) is 18.4 Å². The highest BCUT2D eigenvalue weighted by Gasteiger charge is 2.05. The first kappa shape index (κ1) is 15.6. The van der Waals surface area contributed by atoms with Gasteiger partial charge in [0.15, 0.2) is 0 Å². The standard InChI is InChI=1S/C17H20N2OS/c1-19(11-14-5-3-7-16(9-14)20-2)12-17-10-15(13-21-17)6-4-8-18/h3,5,7,9-10,13H,8,11-12,18H2,1-2H3. The molecule has 2 N–H and O–H groups in total. The molecule has 0 unspecified atom stereocenters. The average Bonchev–Trinajstić information content (AvgIpc) is 2.92. The van der Waals surface area contributed by atoms with Crippen molar-refractivity contribution in [2.75, 3.05) is 20.7 Å². The molecule has 0 atom stereocenters. The average molecular weight is 300 g/mol. The van der Waals surface area contributed by atoms with Crippen molar-refractivity contribution in [1.29, 1.82) is 0 Å². The molecule has 1 aromatic carbocycles. The molecule has 0 bridgehead atoms. The molecule has 0 aliphatic rings. The normalized spacial score (nSPS) is 10.3. The fourth-order valence-electron chi connectivity index (χ4n) is 2.09. The second-order valence-corrected chi connectivity index (χ2v) is 5.83. The predicted octanol–water partition coefficient (Wildman–Crippen LogP) is 2.70. The molecular weight excluding hydrogens is 280 g/mol. The first-order chi connectivity index (χ1) is 10.2. The summed E-state index contributed by atoms with van der Waals surface area (Å²) in [7, 11) is 3.81. The molecule has 0 aliphatic carbocycles. The molecule has 21 heavy (non-hydrogen) atoms. The Labute approximate surface area is 130 Å². The first-order valence-electron chi connectivity index (χ1n) is 6.79. The monoisotopic (exact) mass is 300 g/mol. The van der Waals surface area contributed by atoms with Crippen LogP contribution in [0.5, 0.6) is 5.75 Å². The highest BCUT2D eigenvalue weighted by molar-refractivity contribution is 7.10. The minimum atomic E-state index is 0.404. The van der Waals surface area contributed by atoms with Crippen LogP contribution in [0, 0.1) is 11.8 Å². The Balaban J connectivity index is 1.94. The summed E-state index contributed by atoms with van der Waals surface area (Å²) < 4.78 is 5.25. The molecular formula is C17H20N2OS. The topological polar surface area (TPSA) is 38.5 Å². The van der Waals surface area contributed by atoms with E-state index in [1.165, 1.54) is 10.4 Å². The number of hydrogen-bond donors (Lipinski definition) is 1. The molecule has 0 spiro atoms. The van der Waals surface area contributed by atoms with Gasteiger partial charge in [0.1, 0.15) is 5.75 Å². The van der Waals surface area contributed by atoms with Crippen molar-refractivity contribution in [3.05, 3.63) is 51.7 Å². The minimum absolute atomic E-state index is 0.404. The summed E-state index contributed by atoms with van der Waals surface area (Å²) in [5, 5.41) is 2.08. The summed E-state index contributed by atoms with van der Waals surface area (Å²) in [5.74, 6) is 6.84. The van der Waals surface area contributed by atoms with Crippen LogP contribution in [0.1, 0.15) is 16.0 Å². The van der Waals surface area contributed by atoms with E-state index in [1.807, 2.05) is 12.1 Å². The van der Waals surface area contributed by atoms with Gasteiger partial charge in [0, 0.05) is 28.9 Å². The molecule has 1 heterocycles. The highest BCUT2D eigenvalue weighted by atomic mass is 32.1. The van der Waals surface area contributed by atoms with E-state index in [2.05, 4.69) is 47.4 Å². The van der Waals surface area contributed by atoms with E-state index < -0.39 is 0 Å². The Morgan fingerprint density at radius 2 is 2.14 bits per heavy atom. The Morgan fingerprint density at radius 3 is 2.90 bits per heavy atom. The smallest absolute Gasteiger partial charge is 0.119 e. The number of thiophene rings is 1. The van der Waals surface area contributed by atoms with Crippen LogP contribution in [0.4, 0.5) is 0 Å². The summed E-state index contributed by atoms with van der Waals surface area (Å²) in [5.41, 5.74) is 7.68. The SMILES string of the molecule is COc1cccc(CN(C)Cc2cc(C#CCN)cs2)c1. The molecule has 0 saturated carbocycles. The molecule has 0 aliphatic heterocycles. The molecule has 0 amide bonds. The third-order valence-electron chi connectivity index (χ3n) is 3.00. The fraction of sp³-hybridized carbons (Fsp3) is 0.294. The third-order valence-corrected chi connectivity index (χ3v) is 3.92. The summed E-state index contributed by atoms with van der Waals surface area (Å²) in [4.78, 5) is 3.59. The Hall–Kier alpha value is -1.80. The summed E-state index contributed by atoms with van der Waals surface area (Å²) in [6.07, 6.45) is 0. The maximum absolute atomic E-state index is 5.38. The number of nitrogens with two attached hydrogens (primary N) is 1. The summed E-state index contributed by atoms with van der Waals surface area (Å²) >= 11 is 1.74. The van der Waals surface area contributed by atoms with Crippen LogP contribution >= 0.6 is 11.3 Å². The molecule has 0 fully saturated rings. The second kappa shape index (κ2) is 7.84. The molecule has 110 valence electrons. The minimum Gasteiger partial charge on any atom is -0.497 e. The van der Waals surface area contributed by atoms with Crippen molar-refractivity contribution < 1.29 is 4.74 Å². The van der Waals surface area contributed by atoms with Gasteiger partial charge in [0.25, 0.3) is 0 Å². The van der Waals surface area contributed by atoms with Crippen LogP contribution in [0.3, 0.4) is 0 Å². The first-order valence-corrected chi connectivity index (χ1v) is 7.67. The van der Waals surface area contributed by atoms with Gasteiger partial charge >= 0.3 is 0 Å². The molecule has 2 aromatic rings. The third kappa shape index (κ3) is 4.91. The lowest BCUT2D eigenvalue weighted by molar-refractivity contribution is 0.321. The number of hydrogen-bond acceptors (Lipinski definition) is 4. The lowest BCUT2D eigenvalue weighted by Crippen LogP contribution is -2.16.